The molecule has 0 unspecified atom stereocenters. The minimum atomic E-state index is -1.21. The van der Waals surface area contributed by atoms with Gasteiger partial charge in [0.05, 0.1) is 5.02 Å². The molecule has 1 aliphatic heterocycles. The lowest BCUT2D eigenvalue weighted by Gasteiger charge is -2.23. The standard InChI is InChI=1S/C18H21ClFN3O5/c1-4-18(5-2)16(26)23(17(27)22-18)9-14(24)28-10(3)15(25)21-11-6-7-13(20)12(19)8-11/h6-8,10H,4-5,9H2,1-3H3,(H,21,25)(H,22,27)/t10-/m0/s1. The van der Waals surface area contributed by atoms with Crippen LogP contribution >= 0.6 is 11.6 Å². The third-order valence-electron chi connectivity index (χ3n) is 4.60. The number of anilines is 1. The van der Waals surface area contributed by atoms with E-state index in [1.807, 2.05) is 0 Å². The quantitative estimate of drug-likeness (QED) is 0.527. The molecular formula is C18H21ClFN3O5. The van der Waals surface area contributed by atoms with Gasteiger partial charge in [0.2, 0.25) is 0 Å². The Bertz CT molecular complexity index is 812. The largest absolute Gasteiger partial charge is 0.451 e. The van der Waals surface area contributed by atoms with E-state index in [1.54, 1.807) is 13.8 Å². The number of ether oxygens (including phenoxy) is 1. The molecule has 0 aliphatic carbocycles. The molecule has 1 aromatic rings. The van der Waals surface area contributed by atoms with Crippen LogP contribution < -0.4 is 10.6 Å². The van der Waals surface area contributed by atoms with Crippen molar-refractivity contribution in [2.24, 2.45) is 0 Å². The molecule has 0 spiro atoms. The van der Waals surface area contributed by atoms with Gasteiger partial charge < -0.3 is 15.4 Å². The smallest absolute Gasteiger partial charge is 0.327 e. The first-order valence-electron chi connectivity index (χ1n) is 8.73. The van der Waals surface area contributed by atoms with E-state index in [0.717, 1.165) is 11.0 Å². The Labute approximate surface area is 166 Å². The minimum absolute atomic E-state index is 0.170. The Morgan fingerprint density at radius 3 is 2.50 bits per heavy atom. The number of imide groups is 1. The predicted octanol–water partition coefficient (Wildman–Crippen LogP) is 2.46. The molecule has 1 saturated heterocycles. The molecule has 0 saturated carbocycles. The third kappa shape index (κ3) is 4.41. The molecule has 0 radical (unpaired) electrons. The van der Waals surface area contributed by atoms with Gasteiger partial charge in [0.1, 0.15) is 17.9 Å². The minimum Gasteiger partial charge on any atom is -0.451 e. The fraction of sp³-hybridized carbons (Fsp3) is 0.444. The number of hydrogen-bond acceptors (Lipinski definition) is 5. The van der Waals surface area contributed by atoms with E-state index in [2.05, 4.69) is 10.6 Å². The molecule has 1 aliphatic rings. The van der Waals surface area contributed by atoms with Crippen LogP contribution in [-0.2, 0) is 19.1 Å². The Morgan fingerprint density at radius 2 is 1.96 bits per heavy atom. The summed E-state index contributed by atoms with van der Waals surface area (Å²) in [5, 5.41) is 4.86. The lowest BCUT2D eigenvalue weighted by Crippen LogP contribution is -2.46. The summed E-state index contributed by atoms with van der Waals surface area (Å²) >= 11 is 5.64. The topological polar surface area (TPSA) is 105 Å². The molecule has 8 nitrogen and oxygen atoms in total. The van der Waals surface area contributed by atoms with E-state index in [-0.39, 0.29) is 10.7 Å². The van der Waals surface area contributed by atoms with Crippen molar-refractivity contribution in [3.63, 3.8) is 0 Å². The molecule has 1 atom stereocenters. The molecule has 1 fully saturated rings. The number of benzene rings is 1. The van der Waals surface area contributed by atoms with E-state index in [4.69, 9.17) is 16.3 Å². The van der Waals surface area contributed by atoms with E-state index in [9.17, 15) is 23.6 Å². The van der Waals surface area contributed by atoms with Crippen LogP contribution in [0.2, 0.25) is 5.02 Å². The van der Waals surface area contributed by atoms with Crippen molar-refractivity contribution in [1.29, 1.82) is 0 Å². The highest BCUT2D eigenvalue weighted by atomic mass is 35.5. The number of carbonyl (C=O) groups is 4. The van der Waals surface area contributed by atoms with Gasteiger partial charge in [0, 0.05) is 5.69 Å². The molecule has 1 aromatic carbocycles. The summed E-state index contributed by atoms with van der Waals surface area (Å²) in [6, 6.07) is 2.92. The van der Waals surface area contributed by atoms with E-state index < -0.39 is 47.8 Å². The number of hydrogen-bond donors (Lipinski definition) is 2. The average Bonchev–Trinajstić information content (AvgIpc) is 2.89. The molecule has 152 valence electrons. The highest BCUT2D eigenvalue weighted by Gasteiger charge is 2.49. The summed E-state index contributed by atoms with van der Waals surface area (Å²) in [7, 11) is 0. The Kier molecular flexibility index (Phi) is 6.60. The van der Waals surface area contributed by atoms with Crippen LogP contribution in [0, 0.1) is 5.82 Å². The van der Waals surface area contributed by atoms with Gasteiger partial charge in [-0.3, -0.25) is 19.3 Å². The highest BCUT2D eigenvalue weighted by molar-refractivity contribution is 6.31. The molecule has 4 amide bonds. The monoisotopic (exact) mass is 413 g/mol. The lowest BCUT2D eigenvalue weighted by atomic mass is 9.93. The summed E-state index contributed by atoms with van der Waals surface area (Å²) in [4.78, 5) is 49.5. The summed E-state index contributed by atoms with van der Waals surface area (Å²) in [6.07, 6.45) is -0.434. The number of amides is 4. The van der Waals surface area contributed by atoms with Crippen molar-refractivity contribution in [3.8, 4) is 0 Å². The Morgan fingerprint density at radius 1 is 1.32 bits per heavy atom. The number of carbonyl (C=O) groups excluding carboxylic acids is 4. The first kappa shape index (κ1) is 21.6. The summed E-state index contributed by atoms with van der Waals surface area (Å²) in [5.74, 6) is -2.73. The van der Waals surface area contributed by atoms with Gasteiger partial charge in [-0.15, -0.1) is 0 Å². The van der Waals surface area contributed by atoms with Crippen molar-refractivity contribution in [1.82, 2.24) is 10.2 Å². The van der Waals surface area contributed by atoms with Crippen LogP contribution in [-0.4, -0.2) is 46.9 Å². The van der Waals surface area contributed by atoms with E-state index in [0.29, 0.717) is 12.8 Å². The van der Waals surface area contributed by atoms with Crippen molar-refractivity contribution >= 4 is 41.1 Å². The zero-order chi connectivity index (χ0) is 21.1. The summed E-state index contributed by atoms with van der Waals surface area (Å²) in [5.41, 5.74) is -0.800. The first-order chi connectivity index (χ1) is 13.1. The maximum Gasteiger partial charge on any atom is 0.327 e. The molecule has 2 N–H and O–H groups in total. The average molecular weight is 414 g/mol. The maximum absolute atomic E-state index is 13.2. The fourth-order valence-corrected chi connectivity index (χ4v) is 2.96. The van der Waals surface area contributed by atoms with Crippen LogP contribution in [0.5, 0.6) is 0 Å². The number of nitrogens with one attached hydrogen (secondary N) is 2. The normalized spacial score (nSPS) is 16.5. The van der Waals surface area contributed by atoms with Crippen LogP contribution in [0.25, 0.3) is 0 Å². The van der Waals surface area contributed by atoms with Crippen molar-refractivity contribution in [2.75, 3.05) is 11.9 Å². The summed E-state index contributed by atoms with van der Waals surface area (Å²) in [6.45, 7) is 4.24. The van der Waals surface area contributed by atoms with Crippen molar-refractivity contribution in [2.45, 2.75) is 45.3 Å². The van der Waals surface area contributed by atoms with Gasteiger partial charge in [-0.1, -0.05) is 25.4 Å². The molecule has 10 heteroatoms. The number of nitrogens with zero attached hydrogens (tertiary/aromatic N) is 1. The maximum atomic E-state index is 13.2. The van der Waals surface area contributed by atoms with Gasteiger partial charge in [-0.2, -0.15) is 0 Å². The third-order valence-corrected chi connectivity index (χ3v) is 4.89. The van der Waals surface area contributed by atoms with Gasteiger partial charge in [0.15, 0.2) is 6.10 Å². The Hall–Kier alpha value is -2.68. The number of rotatable bonds is 7. The zero-order valence-corrected chi connectivity index (χ0v) is 16.4. The van der Waals surface area contributed by atoms with Gasteiger partial charge in [0.25, 0.3) is 11.8 Å². The summed E-state index contributed by atoms with van der Waals surface area (Å²) < 4.78 is 18.2. The SMILES string of the molecule is CCC1(CC)NC(=O)N(CC(=O)O[C@@H](C)C(=O)Nc2ccc(F)c(Cl)c2)C1=O. The van der Waals surface area contributed by atoms with Gasteiger partial charge in [-0.25, -0.2) is 9.18 Å². The van der Waals surface area contributed by atoms with Crippen LogP contribution in [0.3, 0.4) is 0 Å². The van der Waals surface area contributed by atoms with Crippen molar-refractivity contribution < 1.29 is 28.3 Å². The van der Waals surface area contributed by atoms with Crippen molar-refractivity contribution in [3.05, 3.63) is 29.0 Å². The zero-order valence-electron chi connectivity index (χ0n) is 15.7. The second-order valence-electron chi connectivity index (χ2n) is 6.36. The first-order valence-corrected chi connectivity index (χ1v) is 9.10. The second kappa shape index (κ2) is 8.55. The molecule has 0 aromatic heterocycles. The molecule has 0 bridgehead atoms. The predicted molar refractivity (Wildman–Crippen MR) is 99.2 cm³/mol. The molecular weight excluding hydrogens is 393 g/mol. The Balaban J connectivity index is 1.95. The number of halogens is 2. The van der Waals surface area contributed by atoms with Gasteiger partial charge in [-0.05, 0) is 38.0 Å². The second-order valence-corrected chi connectivity index (χ2v) is 6.77. The van der Waals surface area contributed by atoms with Gasteiger partial charge >= 0.3 is 12.0 Å². The van der Waals surface area contributed by atoms with Crippen LogP contribution in [0.1, 0.15) is 33.6 Å². The lowest BCUT2D eigenvalue weighted by molar-refractivity contribution is -0.155. The van der Waals surface area contributed by atoms with E-state index >= 15 is 0 Å². The molecule has 1 heterocycles. The molecule has 2 rings (SSSR count). The molecule has 28 heavy (non-hydrogen) atoms. The fourth-order valence-electron chi connectivity index (χ4n) is 2.78. The van der Waals surface area contributed by atoms with Crippen LogP contribution in [0.15, 0.2) is 18.2 Å². The van der Waals surface area contributed by atoms with Crippen LogP contribution in [0.4, 0.5) is 14.9 Å². The number of urea groups is 1. The van der Waals surface area contributed by atoms with E-state index in [1.165, 1.54) is 19.1 Å². The highest BCUT2D eigenvalue weighted by Crippen LogP contribution is 2.25. The number of esters is 1.